The van der Waals surface area contributed by atoms with Crippen molar-refractivity contribution in [2.24, 2.45) is 11.6 Å². The molecule has 0 aliphatic rings. The molecule has 7 nitrogen and oxygen atoms in total. The molecule has 0 aromatic carbocycles. The van der Waals surface area contributed by atoms with Crippen molar-refractivity contribution < 1.29 is 14.0 Å². The molecule has 0 fully saturated rings. The molecule has 0 saturated carbocycles. The molecule has 0 aliphatic carbocycles. The van der Waals surface area contributed by atoms with Crippen LogP contribution in [0.4, 0.5) is 0 Å². The summed E-state index contributed by atoms with van der Waals surface area (Å²) in [6, 6.07) is 3.33. The lowest BCUT2D eigenvalue weighted by Crippen LogP contribution is -2.37. The fourth-order valence-corrected chi connectivity index (χ4v) is 1.48. The van der Waals surface area contributed by atoms with Gasteiger partial charge in [0.25, 0.3) is 0 Å². The molecule has 1 aromatic heterocycles. The standard InChI is InChI=1S/C11H18N4O3/c1-7(2)15(6-10(12)16)5-8-3-4-9(18-8)11(17)14-13/h3-4,7H,5-6,13H2,1-2H3,(H2,12,16)(H,14,17). The maximum atomic E-state index is 11.2. The number of nitrogens with one attached hydrogen (secondary N) is 1. The fraction of sp³-hybridized carbons (Fsp3) is 0.455. The van der Waals surface area contributed by atoms with Crippen LogP contribution in [0, 0.1) is 0 Å². The van der Waals surface area contributed by atoms with E-state index in [1.54, 1.807) is 6.07 Å². The van der Waals surface area contributed by atoms with E-state index in [0.717, 1.165) is 0 Å². The van der Waals surface area contributed by atoms with E-state index < -0.39 is 11.8 Å². The Labute approximate surface area is 105 Å². The Balaban J connectivity index is 2.72. The van der Waals surface area contributed by atoms with Crippen molar-refractivity contribution in [3.63, 3.8) is 0 Å². The topological polar surface area (TPSA) is 115 Å². The summed E-state index contributed by atoms with van der Waals surface area (Å²) in [7, 11) is 0. The van der Waals surface area contributed by atoms with Gasteiger partial charge in [-0.3, -0.25) is 19.9 Å². The Morgan fingerprint density at radius 2 is 2.11 bits per heavy atom. The van der Waals surface area contributed by atoms with Crippen LogP contribution >= 0.6 is 0 Å². The predicted octanol–water partition coefficient (Wildman–Crippen LogP) is -0.421. The molecule has 2 amide bonds. The minimum atomic E-state index is -0.493. The SMILES string of the molecule is CC(C)N(CC(N)=O)Cc1ccc(C(=O)NN)o1. The van der Waals surface area contributed by atoms with Gasteiger partial charge in [0.2, 0.25) is 5.91 Å². The van der Waals surface area contributed by atoms with Crippen LogP contribution in [0.3, 0.4) is 0 Å². The number of hydrogen-bond acceptors (Lipinski definition) is 5. The molecule has 1 aromatic rings. The number of furan rings is 1. The van der Waals surface area contributed by atoms with Crippen molar-refractivity contribution in [1.29, 1.82) is 0 Å². The predicted molar refractivity (Wildman–Crippen MR) is 65.1 cm³/mol. The Kier molecular flexibility index (Phi) is 4.87. The summed E-state index contributed by atoms with van der Waals surface area (Å²) in [5.41, 5.74) is 7.15. The third-order valence-electron chi connectivity index (χ3n) is 2.46. The van der Waals surface area contributed by atoms with Gasteiger partial charge < -0.3 is 10.2 Å². The Bertz CT molecular complexity index is 428. The van der Waals surface area contributed by atoms with E-state index in [1.165, 1.54) is 6.07 Å². The molecular weight excluding hydrogens is 236 g/mol. The number of amides is 2. The molecule has 100 valence electrons. The third-order valence-corrected chi connectivity index (χ3v) is 2.46. The van der Waals surface area contributed by atoms with Crippen LogP contribution < -0.4 is 17.0 Å². The second-order valence-electron chi connectivity index (χ2n) is 4.20. The normalized spacial score (nSPS) is 10.9. The van der Waals surface area contributed by atoms with E-state index in [4.69, 9.17) is 16.0 Å². The van der Waals surface area contributed by atoms with Crippen LogP contribution in [0.5, 0.6) is 0 Å². The first-order valence-corrected chi connectivity index (χ1v) is 5.56. The maximum absolute atomic E-state index is 11.2. The van der Waals surface area contributed by atoms with Crippen LogP contribution in [0.25, 0.3) is 0 Å². The average Bonchev–Trinajstić information content (AvgIpc) is 2.75. The van der Waals surface area contributed by atoms with Crippen molar-refractivity contribution in [2.45, 2.75) is 26.4 Å². The Hall–Kier alpha value is -1.86. The number of carbonyl (C=O) groups excluding carboxylic acids is 2. The summed E-state index contributed by atoms with van der Waals surface area (Å²) in [5, 5.41) is 0. The third kappa shape index (κ3) is 3.86. The van der Waals surface area contributed by atoms with Crippen molar-refractivity contribution in [3.8, 4) is 0 Å². The van der Waals surface area contributed by atoms with Gasteiger partial charge in [-0.25, -0.2) is 5.84 Å². The molecule has 5 N–H and O–H groups in total. The molecule has 0 radical (unpaired) electrons. The number of hydrogen-bond donors (Lipinski definition) is 3. The number of rotatable bonds is 6. The van der Waals surface area contributed by atoms with E-state index in [1.807, 2.05) is 24.2 Å². The van der Waals surface area contributed by atoms with Gasteiger partial charge in [0, 0.05) is 6.04 Å². The van der Waals surface area contributed by atoms with Gasteiger partial charge in [-0.2, -0.15) is 0 Å². The minimum Gasteiger partial charge on any atom is -0.455 e. The largest absolute Gasteiger partial charge is 0.455 e. The summed E-state index contributed by atoms with van der Waals surface area (Å²) < 4.78 is 5.31. The van der Waals surface area contributed by atoms with Crippen LogP contribution in [0.1, 0.15) is 30.2 Å². The van der Waals surface area contributed by atoms with Crippen molar-refractivity contribution >= 4 is 11.8 Å². The fourth-order valence-electron chi connectivity index (χ4n) is 1.48. The van der Waals surface area contributed by atoms with Gasteiger partial charge >= 0.3 is 5.91 Å². The molecule has 0 saturated heterocycles. The smallest absolute Gasteiger partial charge is 0.300 e. The van der Waals surface area contributed by atoms with Crippen molar-refractivity contribution in [2.75, 3.05) is 6.54 Å². The van der Waals surface area contributed by atoms with Gasteiger partial charge in [-0.1, -0.05) is 0 Å². The van der Waals surface area contributed by atoms with Crippen LogP contribution in [0.15, 0.2) is 16.5 Å². The molecule has 0 unspecified atom stereocenters. The maximum Gasteiger partial charge on any atom is 0.300 e. The average molecular weight is 254 g/mol. The first kappa shape index (κ1) is 14.2. The van der Waals surface area contributed by atoms with E-state index in [0.29, 0.717) is 12.3 Å². The number of carbonyl (C=O) groups is 2. The van der Waals surface area contributed by atoms with Crippen LogP contribution in [-0.2, 0) is 11.3 Å². The summed E-state index contributed by atoms with van der Waals surface area (Å²) in [5.74, 6) is 4.80. The molecule has 1 heterocycles. The number of nitrogen functional groups attached to an aromatic ring is 1. The first-order chi connectivity index (χ1) is 8.43. The number of nitrogens with two attached hydrogens (primary N) is 2. The van der Waals surface area contributed by atoms with Crippen LogP contribution in [-0.4, -0.2) is 29.3 Å². The number of hydrazine groups is 1. The van der Waals surface area contributed by atoms with Gasteiger partial charge in [0.1, 0.15) is 5.76 Å². The monoisotopic (exact) mass is 254 g/mol. The summed E-state index contributed by atoms with van der Waals surface area (Å²) in [6.45, 7) is 4.42. The summed E-state index contributed by atoms with van der Waals surface area (Å²) >= 11 is 0. The van der Waals surface area contributed by atoms with E-state index in [2.05, 4.69) is 0 Å². The lowest BCUT2D eigenvalue weighted by atomic mass is 10.3. The van der Waals surface area contributed by atoms with Gasteiger partial charge in [0.05, 0.1) is 13.1 Å². The van der Waals surface area contributed by atoms with Crippen molar-refractivity contribution in [3.05, 3.63) is 23.7 Å². The highest BCUT2D eigenvalue weighted by atomic mass is 16.4. The minimum absolute atomic E-state index is 0.134. The zero-order valence-electron chi connectivity index (χ0n) is 10.5. The zero-order chi connectivity index (χ0) is 13.7. The summed E-state index contributed by atoms with van der Waals surface area (Å²) in [6.07, 6.45) is 0. The Morgan fingerprint density at radius 1 is 1.44 bits per heavy atom. The quantitative estimate of drug-likeness (QED) is 0.362. The number of primary amides is 1. The zero-order valence-corrected chi connectivity index (χ0v) is 10.5. The molecule has 0 spiro atoms. The highest BCUT2D eigenvalue weighted by Crippen LogP contribution is 2.12. The number of nitrogens with zero attached hydrogens (tertiary/aromatic N) is 1. The second kappa shape index (κ2) is 6.18. The molecular formula is C11H18N4O3. The van der Waals surface area contributed by atoms with Gasteiger partial charge in [0.15, 0.2) is 5.76 Å². The first-order valence-electron chi connectivity index (χ1n) is 5.56. The molecule has 1 rings (SSSR count). The lowest BCUT2D eigenvalue weighted by Gasteiger charge is -2.23. The van der Waals surface area contributed by atoms with Crippen LogP contribution in [0.2, 0.25) is 0 Å². The van der Waals surface area contributed by atoms with Crippen molar-refractivity contribution in [1.82, 2.24) is 10.3 Å². The van der Waals surface area contributed by atoms with E-state index in [-0.39, 0.29) is 18.3 Å². The molecule has 0 bridgehead atoms. The Morgan fingerprint density at radius 3 is 2.61 bits per heavy atom. The molecule has 7 heteroatoms. The highest BCUT2D eigenvalue weighted by molar-refractivity contribution is 5.90. The molecule has 0 atom stereocenters. The van der Waals surface area contributed by atoms with E-state index in [9.17, 15) is 9.59 Å². The second-order valence-corrected chi connectivity index (χ2v) is 4.20. The molecule has 18 heavy (non-hydrogen) atoms. The van der Waals surface area contributed by atoms with E-state index >= 15 is 0 Å². The van der Waals surface area contributed by atoms with Gasteiger partial charge in [-0.05, 0) is 26.0 Å². The highest BCUT2D eigenvalue weighted by Gasteiger charge is 2.16. The summed E-state index contributed by atoms with van der Waals surface area (Å²) in [4.78, 5) is 24.0. The molecule has 0 aliphatic heterocycles. The lowest BCUT2D eigenvalue weighted by molar-refractivity contribution is -0.119. The van der Waals surface area contributed by atoms with Gasteiger partial charge in [-0.15, -0.1) is 0 Å².